The van der Waals surface area contributed by atoms with Gasteiger partial charge in [-0.3, -0.25) is 0 Å². The van der Waals surface area contributed by atoms with Gasteiger partial charge in [0.25, 0.3) is 0 Å². The summed E-state index contributed by atoms with van der Waals surface area (Å²) in [6.45, 7) is 0. The van der Waals surface area contributed by atoms with E-state index in [-0.39, 0.29) is 6.10 Å². The third kappa shape index (κ3) is 3.08. The maximum Gasteiger partial charge on any atom is 0.118 e. The van der Waals surface area contributed by atoms with Gasteiger partial charge in [-0.15, -0.1) is 0 Å². The van der Waals surface area contributed by atoms with Crippen LogP contribution in [0.25, 0.3) is 0 Å². The molecule has 1 saturated carbocycles. The Bertz CT molecular complexity index is 649. The zero-order chi connectivity index (χ0) is 16.4. The molecule has 1 aliphatic heterocycles. The SMILES string of the molecule is COc1ccc(C2CC(c3ccccc3)C3CCCCC3O2)cc1. The first kappa shape index (κ1) is 15.7. The first-order chi connectivity index (χ1) is 11.8. The van der Waals surface area contributed by atoms with Crippen molar-refractivity contribution in [2.75, 3.05) is 7.11 Å². The first-order valence-electron chi connectivity index (χ1n) is 9.19. The highest BCUT2D eigenvalue weighted by molar-refractivity contribution is 5.30. The fraction of sp³-hybridized carbons (Fsp3) is 0.455. The van der Waals surface area contributed by atoms with Crippen LogP contribution in [0.3, 0.4) is 0 Å². The van der Waals surface area contributed by atoms with Crippen molar-refractivity contribution in [1.82, 2.24) is 0 Å². The third-order valence-corrected chi connectivity index (χ3v) is 5.79. The summed E-state index contributed by atoms with van der Waals surface area (Å²) in [4.78, 5) is 0. The molecule has 1 saturated heterocycles. The molecule has 4 atom stereocenters. The lowest BCUT2D eigenvalue weighted by Gasteiger charge is -2.45. The molecule has 0 N–H and O–H groups in total. The van der Waals surface area contributed by atoms with Crippen molar-refractivity contribution >= 4 is 0 Å². The molecule has 2 aliphatic rings. The van der Waals surface area contributed by atoms with Crippen LogP contribution in [0, 0.1) is 5.92 Å². The third-order valence-electron chi connectivity index (χ3n) is 5.79. The molecule has 2 fully saturated rings. The molecule has 0 spiro atoms. The van der Waals surface area contributed by atoms with Crippen LogP contribution in [-0.2, 0) is 4.74 Å². The Morgan fingerprint density at radius 2 is 1.62 bits per heavy atom. The van der Waals surface area contributed by atoms with Crippen LogP contribution in [0.15, 0.2) is 54.6 Å². The molecule has 4 unspecified atom stereocenters. The van der Waals surface area contributed by atoms with Gasteiger partial charge in [0, 0.05) is 0 Å². The van der Waals surface area contributed by atoms with E-state index < -0.39 is 0 Å². The average Bonchev–Trinajstić information content (AvgIpc) is 2.68. The smallest absolute Gasteiger partial charge is 0.118 e. The summed E-state index contributed by atoms with van der Waals surface area (Å²) < 4.78 is 11.9. The average molecular weight is 322 g/mol. The van der Waals surface area contributed by atoms with Crippen LogP contribution < -0.4 is 4.74 Å². The molecule has 0 bridgehead atoms. The topological polar surface area (TPSA) is 18.5 Å². The fourth-order valence-electron chi connectivity index (χ4n) is 4.54. The van der Waals surface area contributed by atoms with Gasteiger partial charge in [-0.2, -0.15) is 0 Å². The van der Waals surface area contributed by atoms with Crippen molar-refractivity contribution in [1.29, 1.82) is 0 Å². The summed E-state index contributed by atoms with van der Waals surface area (Å²) >= 11 is 0. The summed E-state index contributed by atoms with van der Waals surface area (Å²) in [5.74, 6) is 2.19. The molecule has 0 aromatic heterocycles. The summed E-state index contributed by atoms with van der Waals surface area (Å²) in [5, 5.41) is 0. The quantitative estimate of drug-likeness (QED) is 0.743. The highest BCUT2D eigenvalue weighted by Gasteiger charge is 2.40. The first-order valence-corrected chi connectivity index (χ1v) is 9.19. The van der Waals surface area contributed by atoms with Gasteiger partial charge in [-0.05, 0) is 54.4 Å². The Kier molecular flexibility index (Phi) is 4.57. The minimum absolute atomic E-state index is 0.195. The Labute approximate surface area is 144 Å². The summed E-state index contributed by atoms with van der Waals surface area (Å²) in [6.07, 6.45) is 6.85. The lowest BCUT2D eigenvalue weighted by Crippen LogP contribution is -2.38. The van der Waals surface area contributed by atoms with Gasteiger partial charge in [0.05, 0.1) is 19.3 Å². The standard InChI is InChI=1S/C22H26O2/c1-23-18-13-11-17(12-14-18)22-15-20(16-7-3-2-4-8-16)19-9-5-6-10-21(19)24-22/h2-4,7-8,11-14,19-22H,5-6,9-10,15H2,1H3. The van der Waals surface area contributed by atoms with Gasteiger partial charge >= 0.3 is 0 Å². The second-order valence-electron chi connectivity index (χ2n) is 7.14. The van der Waals surface area contributed by atoms with Crippen molar-refractivity contribution in [3.8, 4) is 5.75 Å². The normalized spacial score (nSPS) is 29.7. The largest absolute Gasteiger partial charge is 0.497 e. The number of fused-ring (bicyclic) bond motifs is 1. The summed E-state index contributed by atoms with van der Waals surface area (Å²) in [5.41, 5.74) is 2.76. The van der Waals surface area contributed by atoms with Gasteiger partial charge in [-0.1, -0.05) is 55.3 Å². The summed E-state index contributed by atoms with van der Waals surface area (Å²) in [6, 6.07) is 19.5. The van der Waals surface area contributed by atoms with Crippen LogP contribution in [0.1, 0.15) is 55.3 Å². The molecule has 2 heteroatoms. The van der Waals surface area contributed by atoms with E-state index in [1.54, 1.807) is 7.11 Å². The summed E-state index contributed by atoms with van der Waals surface area (Å²) in [7, 11) is 1.71. The lowest BCUT2D eigenvalue weighted by atomic mass is 9.70. The van der Waals surface area contributed by atoms with Crippen LogP contribution >= 0.6 is 0 Å². The van der Waals surface area contributed by atoms with Crippen LogP contribution in [0.5, 0.6) is 5.75 Å². The molecule has 2 aromatic rings. The van der Waals surface area contributed by atoms with Crippen LogP contribution in [0.2, 0.25) is 0 Å². The monoisotopic (exact) mass is 322 g/mol. The van der Waals surface area contributed by atoms with Gasteiger partial charge in [0.15, 0.2) is 0 Å². The van der Waals surface area contributed by atoms with E-state index in [1.807, 2.05) is 12.1 Å². The van der Waals surface area contributed by atoms with Gasteiger partial charge in [0.2, 0.25) is 0 Å². The van der Waals surface area contributed by atoms with Crippen LogP contribution in [0.4, 0.5) is 0 Å². The second kappa shape index (κ2) is 6.98. The van der Waals surface area contributed by atoms with Gasteiger partial charge in [0.1, 0.15) is 5.75 Å². The Morgan fingerprint density at radius 1 is 0.875 bits per heavy atom. The minimum atomic E-state index is 0.195. The van der Waals surface area contributed by atoms with Crippen molar-refractivity contribution in [3.63, 3.8) is 0 Å². The van der Waals surface area contributed by atoms with Crippen LogP contribution in [-0.4, -0.2) is 13.2 Å². The highest BCUT2D eigenvalue weighted by Crippen LogP contribution is 2.48. The van der Waals surface area contributed by atoms with E-state index in [1.165, 1.54) is 36.8 Å². The van der Waals surface area contributed by atoms with Crippen molar-refractivity contribution < 1.29 is 9.47 Å². The molecule has 4 rings (SSSR count). The fourth-order valence-corrected chi connectivity index (χ4v) is 4.54. The maximum absolute atomic E-state index is 6.56. The van der Waals surface area contributed by atoms with E-state index in [0.717, 1.165) is 12.2 Å². The van der Waals surface area contributed by atoms with Crippen molar-refractivity contribution in [3.05, 3.63) is 65.7 Å². The predicted molar refractivity (Wildman–Crippen MR) is 96.4 cm³/mol. The number of benzene rings is 2. The molecule has 2 nitrogen and oxygen atoms in total. The maximum atomic E-state index is 6.56. The van der Waals surface area contributed by atoms with Gasteiger partial charge < -0.3 is 9.47 Å². The lowest BCUT2D eigenvalue weighted by molar-refractivity contribution is -0.111. The Hall–Kier alpha value is -1.80. The van der Waals surface area contributed by atoms with E-state index >= 15 is 0 Å². The number of rotatable bonds is 3. The predicted octanol–water partition coefficient (Wildman–Crippen LogP) is 5.50. The molecular weight excluding hydrogens is 296 g/mol. The number of ether oxygens (including phenoxy) is 2. The molecule has 1 heterocycles. The molecule has 24 heavy (non-hydrogen) atoms. The molecule has 1 aliphatic carbocycles. The Morgan fingerprint density at radius 3 is 2.38 bits per heavy atom. The van der Waals surface area contributed by atoms with Gasteiger partial charge in [-0.25, -0.2) is 0 Å². The number of hydrogen-bond acceptors (Lipinski definition) is 2. The minimum Gasteiger partial charge on any atom is -0.497 e. The molecular formula is C22H26O2. The van der Waals surface area contributed by atoms with E-state index in [0.29, 0.717) is 17.9 Å². The van der Waals surface area contributed by atoms with Crippen molar-refractivity contribution in [2.24, 2.45) is 5.92 Å². The second-order valence-corrected chi connectivity index (χ2v) is 7.14. The molecule has 126 valence electrons. The number of methoxy groups -OCH3 is 1. The van der Waals surface area contributed by atoms with E-state index in [9.17, 15) is 0 Å². The van der Waals surface area contributed by atoms with Crippen molar-refractivity contribution in [2.45, 2.75) is 50.2 Å². The number of hydrogen-bond donors (Lipinski definition) is 0. The Balaban J connectivity index is 1.62. The molecule has 2 aromatic carbocycles. The highest BCUT2D eigenvalue weighted by atomic mass is 16.5. The zero-order valence-electron chi connectivity index (χ0n) is 14.4. The molecule has 0 amide bonds. The molecule has 0 radical (unpaired) electrons. The van der Waals surface area contributed by atoms with E-state index in [2.05, 4.69) is 42.5 Å². The zero-order valence-corrected chi connectivity index (χ0v) is 14.4. The van der Waals surface area contributed by atoms with E-state index in [4.69, 9.17) is 9.47 Å².